The topological polar surface area (TPSA) is 45.2 Å². The van der Waals surface area contributed by atoms with Gasteiger partial charge in [0.05, 0.1) is 0 Å². The van der Waals surface area contributed by atoms with Crippen LogP contribution in [0.3, 0.4) is 0 Å². The van der Waals surface area contributed by atoms with Gasteiger partial charge >= 0.3 is 0 Å². The molecule has 0 aliphatic carbocycles. The SMILES string of the molecule is CC1(C)C=C(CC(=O)N2CCC[C@@H](c3ccc(Cc4ccc(F)cc4)cn3)C2)CC(C)(C)N1. The molecule has 33 heavy (non-hydrogen) atoms. The van der Waals surface area contributed by atoms with Gasteiger partial charge in [0.2, 0.25) is 5.91 Å². The molecule has 1 atom stereocenters. The number of pyridine rings is 1. The van der Waals surface area contributed by atoms with Gasteiger partial charge in [-0.25, -0.2) is 4.39 Å². The fourth-order valence-electron chi connectivity index (χ4n) is 5.57. The van der Waals surface area contributed by atoms with E-state index in [4.69, 9.17) is 4.98 Å². The largest absolute Gasteiger partial charge is 0.342 e. The maximum atomic E-state index is 13.2. The van der Waals surface area contributed by atoms with E-state index in [0.29, 0.717) is 6.42 Å². The van der Waals surface area contributed by atoms with Crippen molar-refractivity contribution in [3.63, 3.8) is 0 Å². The summed E-state index contributed by atoms with van der Waals surface area (Å²) in [6, 6.07) is 10.8. The van der Waals surface area contributed by atoms with Crippen molar-refractivity contribution in [2.45, 2.75) is 76.8 Å². The lowest BCUT2D eigenvalue weighted by Crippen LogP contribution is -2.54. The highest BCUT2D eigenvalue weighted by molar-refractivity contribution is 5.79. The quantitative estimate of drug-likeness (QED) is 0.623. The van der Waals surface area contributed by atoms with Crippen molar-refractivity contribution < 1.29 is 9.18 Å². The summed E-state index contributed by atoms with van der Waals surface area (Å²) in [5.41, 5.74) is 4.37. The monoisotopic (exact) mass is 449 g/mol. The number of hydrogen-bond donors (Lipinski definition) is 1. The van der Waals surface area contributed by atoms with Crippen LogP contribution in [0.4, 0.5) is 4.39 Å². The Bertz CT molecular complexity index is 1010. The molecule has 0 spiro atoms. The third-order valence-electron chi connectivity index (χ3n) is 6.63. The van der Waals surface area contributed by atoms with Crippen molar-refractivity contribution in [2.24, 2.45) is 0 Å². The number of piperidine rings is 1. The first kappa shape index (κ1) is 23.6. The van der Waals surface area contributed by atoms with Gasteiger partial charge in [-0.3, -0.25) is 9.78 Å². The summed E-state index contributed by atoms with van der Waals surface area (Å²) in [4.78, 5) is 19.9. The van der Waals surface area contributed by atoms with Crippen molar-refractivity contribution in [3.05, 3.63) is 76.9 Å². The van der Waals surface area contributed by atoms with Gasteiger partial charge in [-0.1, -0.05) is 29.8 Å². The maximum Gasteiger partial charge on any atom is 0.226 e. The van der Waals surface area contributed by atoms with Crippen molar-refractivity contribution in [1.82, 2.24) is 15.2 Å². The van der Waals surface area contributed by atoms with E-state index in [-0.39, 0.29) is 28.7 Å². The Morgan fingerprint density at radius 3 is 2.52 bits per heavy atom. The normalized spacial score (nSPS) is 22.0. The molecule has 4 nitrogen and oxygen atoms in total. The van der Waals surface area contributed by atoms with Crippen LogP contribution in [0, 0.1) is 5.82 Å². The van der Waals surface area contributed by atoms with Crippen molar-refractivity contribution in [1.29, 1.82) is 0 Å². The minimum Gasteiger partial charge on any atom is -0.342 e. The summed E-state index contributed by atoms with van der Waals surface area (Å²) in [5.74, 6) is 0.289. The highest BCUT2D eigenvalue weighted by Gasteiger charge is 2.33. The molecule has 5 heteroatoms. The number of carbonyl (C=O) groups excluding carboxylic acids is 1. The molecular formula is C28H36FN3O. The molecule has 1 aromatic heterocycles. The molecule has 1 amide bonds. The van der Waals surface area contributed by atoms with E-state index in [2.05, 4.69) is 51.2 Å². The molecule has 1 N–H and O–H groups in total. The summed E-state index contributed by atoms with van der Waals surface area (Å²) < 4.78 is 13.1. The number of aromatic nitrogens is 1. The zero-order valence-corrected chi connectivity index (χ0v) is 20.3. The van der Waals surface area contributed by atoms with Gasteiger partial charge in [-0.2, -0.15) is 0 Å². The first-order chi connectivity index (χ1) is 15.6. The third-order valence-corrected chi connectivity index (χ3v) is 6.63. The lowest BCUT2D eigenvalue weighted by atomic mass is 9.82. The summed E-state index contributed by atoms with van der Waals surface area (Å²) in [6.45, 7) is 10.3. The van der Waals surface area contributed by atoms with Crippen LogP contribution in [0.5, 0.6) is 0 Å². The predicted molar refractivity (Wildman–Crippen MR) is 131 cm³/mol. The second-order valence-corrected chi connectivity index (χ2v) is 11.0. The van der Waals surface area contributed by atoms with Crippen LogP contribution < -0.4 is 5.32 Å². The molecule has 0 radical (unpaired) electrons. The second-order valence-electron chi connectivity index (χ2n) is 11.0. The highest BCUT2D eigenvalue weighted by Crippen LogP contribution is 2.31. The van der Waals surface area contributed by atoms with E-state index in [1.807, 2.05) is 23.2 Å². The summed E-state index contributed by atoms with van der Waals surface area (Å²) >= 11 is 0. The Balaban J connectivity index is 1.37. The fraction of sp³-hybridized carbons (Fsp3) is 0.500. The van der Waals surface area contributed by atoms with Gasteiger partial charge < -0.3 is 10.2 Å². The van der Waals surface area contributed by atoms with Crippen LogP contribution in [0.2, 0.25) is 0 Å². The lowest BCUT2D eigenvalue weighted by molar-refractivity contribution is -0.131. The van der Waals surface area contributed by atoms with Crippen LogP contribution in [0.25, 0.3) is 0 Å². The van der Waals surface area contributed by atoms with Crippen molar-refractivity contribution >= 4 is 5.91 Å². The molecule has 176 valence electrons. The molecule has 1 aromatic carbocycles. The molecule has 4 rings (SSSR count). The number of nitrogens with one attached hydrogen (secondary N) is 1. The summed E-state index contributed by atoms with van der Waals surface area (Å²) in [6.07, 6.45) is 8.36. The first-order valence-corrected chi connectivity index (χ1v) is 12.1. The van der Waals surface area contributed by atoms with Crippen LogP contribution in [0.1, 0.15) is 76.1 Å². The molecule has 1 fully saturated rings. The Labute approximate surface area is 197 Å². The van der Waals surface area contributed by atoms with E-state index in [1.54, 1.807) is 0 Å². The molecule has 2 aliphatic rings. The Hall–Kier alpha value is -2.53. The van der Waals surface area contributed by atoms with E-state index >= 15 is 0 Å². The number of hydrogen-bond acceptors (Lipinski definition) is 3. The Kier molecular flexibility index (Phi) is 6.71. The molecular weight excluding hydrogens is 413 g/mol. The van der Waals surface area contributed by atoms with Gasteiger partial charge in [-0.05, 0) is 82.7 Å². The molecule has 3 heterocycles. The first-order valence-electron chi connectivity index (χ1n) is 12.1. The van der Waals surface area contributed by atoms with E-state index in [0.717, 1.165) is 55.6 Å². The molecule has 0 bridgehead atoms. The van der Waals surface area contributed by atoms with Crippen molar-refractivity contribution in [2.75, 3.05) is 13.1 Å². The minimum atomic E-state index is -0.215. The zero-order chi connectivity index (χ0) is 23.6. The smallest absolute Gasteiger partial charge is 0.226 e. The van der Waals surface area contributed by atoms with Gasteiger partial charge in [0.15, 0.2) is 0 Å². The van der Waals surface area contributed by atoms with Crippen molar-refractivity contribution in [3.8, 4) is 0 Å². The Morgan fingerprint density at radius 2 is 1.85 bits per heavy atom. The number of amides is 1. The summed E-state index contributed by atoms with van der Waals surface area (Å²) in [7, 11) is 0. The minimum absolute atomic E-state index is 0.00211. The van der Waals surface area contributed by atoms with E-state index in [9.17, 15) is 9.18 Å². The van der Waals surface area contributed by atoms with E-state index < -0.39 is 0 Å². The third kappa shape index (κ3) is 6.29. The van der Waals surface area contributed by atoms with Gasteiger partial charge in [0.1, 0.15) is 5.82 Å². The molecule has 2 aliphatic heterocycles. The summed E-state index contributed by atoms with van der Waals surface area (Å²) in [5, 5.41) is 3.64. The highest BCUT2D eigenvalue weighted by atomic mass is 19.1. The average molecular weight is 450 g/mol. The molecule has 1 saturated heterocycles. The van der Waals surface area contributed by atoms with Crippen LogP contribution in [-0.4, -0.2) is 40.0 Å². The molecule has 0 unspecified atom stereocenters. The lowest BCUT2D eigenvalue weighted by Gasteiger charge is -2.41. The zero-order valence-electron chi connectivity index (χ0n) is 20.3. The number of nitrogens with zero attached hydrogens (tertiary/aromatic N) is 2. The maximum absolute atomic E-state index is 13.2. The second kappa shape index (κ2) is 9.38. The molecule has 0 saturated carbocycles. The van der Waals surface area contributed by atoms with Gasteiger partial charge in [-0.15, -0.1) is 0 Å². The number of likely N-dealkylation sites (tertiary alicyclic amines) is 1. The number of rotatable bonds is 5. The van der Waals surface area contributed by atoms with Gasteiger partial charge in [0.25, 0.3) is 0 Å². The van der Waals surface area contributed by atoms with E-state index in [1.165, 1.54) is 17.7 Å². The number of benzene rings is 1. The number of halogens is 1. The Morgan fingerprint density at radius 1 is 1.12 bits per heavy atom. The van der Waals surface area contributed by atoms with Crippen LogP contribution in [-0.2, 0) is 11.2 Å². The van der Waals surface area contributed by atoms with Gasteiger partial charge in [0, 0.05) is 48.4 Å². The van der Waals surface area contributed by atoms with Crippen LogP contribution in [0.15, 0.2) is 54.2 Å². The number of carbonyl (C=O) groups is 1. The average Bonchev–Trinajstić information content (AvgIpc) is 2.74. The standard InChI is InChI=1S/C28H36FN3O/c1-27(2)16-22(17-28(3,4)31-27)15-26(33)32-13-5-6-23(19-32)25-12-9-21(18-30-25)14-20-7-10-24(29)11-8-20/h7-12,16,18,23,31H,5-6,13-15,17,19H2,1-4H3/t23-/m1/s1. The fourth-order valence-corrected chi connectivity index (χ4v) is 5.57. The van der Waals surface area contributed by atoms with Crippen LogP contribution >= 0.6 is 0 Å². The predicted octanol–water partition coefficient (Wildman–Crippen LogP) is 5.38. The molecule has 2 aromatic rings.